The standard InChI is InChI=1S/C33H38ClN7O2/c34-26-8-6-25(7-9-26)33(43)15-21-39(22-16-33)28-3-1-18-41-29(28)37-31(38-41)36-27-10-4-24(5-11-27)30(42)40-19-13-32(14-20-40)12-2-17-35-23-32/h1,3-11,18,35,43H,2,12-17,19-23H2,(H,36,38). The summed E-state index contributed by atoms with van der Waals surface area (Å²) in [4.78, 5) is 22.3. The van der Waals surface area contributed by atoms with E-state index in [-0.39, 0.29) is 5.91 Å². The summed E-state index contributed by atoms with van der Waals surface area (Å²) in [7, 11) is 0. The fourth-order valence-electron chi connectivity index (χ4n) is 7.01. The number of hydrogen-bond donors (Lipinski definition) is 3. The zero-order chi connectivity index (χ0) is 29.4. The molecule has 2 aromatic heterocycles. The Balaban J connectivity index is 0.996. The van der Waals surface area contributed by atoms with E-state index in [4.69, 9.17) is 16.6 Å². The highest BCUT2D eigenvalue weighted by atomic mass is 35.5. The molecule has 7 rings (SSSR count). The lowest BCUT2D eigenvalue weighted by molar-refractivity contribution is 0.0118. The second-order valence-corrected chi connectivity index (χ2v) is 12.8. The Morgan fingerprint density at radius 2 is 1.67 bits per heavy atom. The number of anilines is 3. The Hall–Kier alpha value is -3.66. The molecule has 4 aromatic rings. The zero-order valence-electron chi connectivity index (χ0n) is 24.3. The van der Waals surface area contributed by atoms with Crippen LogP contribution in [0.25, 0.3) is 5.65 Å². The average Bonchev–Trinajstić information content (AvgIpc) is 3.45. The van der Waals surface area contributed by atoms with Crippen LogP contribution in [0, 0.1) is 5.41 Å². The Kier molecular flexibility index (Phi) is 7.49. The molecule has 10 heteroatoms. The number of rotatable bonds is 5. The first-order valence-corrected chi connectivity index (χ1v) is 15.7. The van der Waals surface area contributed by atoms with Gasteiger partial charge in [0.1, 0.15) is 0 Å². The first-order valence-electron chi connectivity index (χ1n) is 15.4. The van der Waals surface area contributed by atoms with Gasteiger partial charge in [0, 0.05) is 55.2 Å². The molecule has 2 aromatic carbocycles. The third kappa shape index (κ3) is 5.69. The fraction of sp³-hybridized carbons (Fsp3) is 0.424. The molecular weight excluding hydrogens is 562 g/mol. The summed E-state index contributed by atoms with van der Waals surface area (Å²) >= 11 is 6.05. The maximum Gasteiger partial charge on any atom is 0.253 e. The van der Waals surface area contributed by atoms with E-state index in [1.54, 1.807) is 4.52 Å². The second-order valence-electron chi connectivity index (χ2n) is 12.4. The van der Waals surface area contributed by atoms with Crippen LogP contribution in [0.5, 0.6) is 0 Å². The van der Waals surface area contributed by atoms with Crippen molar-refractivity contribution < 1.29 is 9.90 Å². The molecule has 0 atom stereocenters. The maximum absolute atomic E-state index is 13.2. The molecule has 0 unspecified atom stereocenters. The maximum atomic E-state index is 13.2. The third-order valence-electron chi connectivity index (χ3n) is 9.71. The topological polar surface area (TPSA) is 98.0 Å². The van der Waals surface area contributed by atoms with E-state index in [1.165, 1.54) is 12.8 Å². The summed E-state index contributed by atoms with van der Waals surface area (Å²) < 4.78 is 1.78. The van der Waals surface area contributed by atoms with Gasteiger partial charge in [-0.15, -0.1) is 5.10 Å². The Morgan fingerprint density at radius 1 is 0.930 bits per heavy atom. The lowest BCUT2D eigenvalue weighted by Crippen LogP contribution is -2.49. The number of benzene rings is 2. The van der Waals surface area contributed by atoms with Crippen molar-refractivity contribution >= 4 is 40.5 Å². The zero-order valence-corrected chi connectivity index (χ0v) is 25.1. The number of nitrogens with one attached hydrogen (secondary N) is 2. The molecule has 43 heavy (non-hydrogen) atoms. The van der Waals surface area contributed by atoms with Crippen molar-refractivity contribution in [3.05, 3.63) is 83.0 Å². The first-order chi connectivity index (χ1) is 20.9. The van der Waals surface area contributed by atoms with Gasteiger partial charge in [0.2, 0.25) is 5.95 Å². The summed E-state index contributed by atoms with van der Waals surface area (Å²) in [6.45, 7) is 5.24. The number of aromatic nitrogens is 3. The van der Waals surface area contributed by atoms with Gasteiger partial charge in [-0.2, -0.15) is 4.98 Å². The number of likely N-dealkylation sites (tertiary alicyclic amines) is 1. The molecular formula is C33H38ClN7O2. The number of hydrogen-bond acceptors (Lipinski definition) is 7. The molecule has 3 aliphatic heterocycles. The number of fused-ring (bicyclic) bond motifs is 1. The second kappa shape index (κ2) is 11.4. The minimum absolute atomic E-state index is 0.102. The van der Waals surface area contributed by atoms with Gasteiger partial charge in [-0.25, -0.2) is 4.52 Å². The van der Waals surface area contributed by atoms with Crippen LogP contribution >= 0.6 is 11.6 Å². The van der Waals surface area contributed by atoms with E-state index in [1.807, 2.05) is 71.8 Å². The van der Waals surface area contributed by atoms with Gasteiger partial charge < -0.3 is 25.5 Å². The highest BCUT2D eigenvalue weighted by molar-refractivity contribution is 6.30. The fourth-order valence-corrected chi connectivity index (χ4v) is 7.13. The van der Waals surface area contributed by atoms with Gasteiger partial charge in [-0.05, 0) is 105 Å². The van der Waals surface area contributed by atoms with Crippen LogP contribution < -0.4 is 15.5 Å². The van der Waals surface area contributed by atoms with E-state index in [0.717, 1.165) is 61.6 Å². The predicted molar refractivity (Wildman–Crippen MR) is 169 cm³/mol. The lowest BCUT2D eigenvalue weighted by Gasteiger charge is -2.44. The number of halogens is 1. The van der Waals surface area contributed by atoms with Crippen molar-refractivity contribution in [1.82, 2.24) is 24.8 Å². The number of piperidine rings is 3. The number of pyridine rings is 1. The van der Waals surface area contributed by atoms with Crippen LogP contribution in [0.1, 0.15) is 54.4 Å². The summed E-state index contributed by atoms with van der Waals surface area (Å²) in [6.07, 6.45) is 7.76. The van der Waals surface area contributed by atoms with Crippen molar-refractivity contribution in [2.24, 2.45) is 5.41 Å². The van der Waals surface area contributed by atoms with Crippen LogP contribution in [0.2, 0.25) is 5.02 Å². The Labute approximate surface area is 256 Å². The molecule has 0 radical (unpaired) electrons. The van der Waals surface area contributed by atoms with Crippen LogP contribution in [0.4, 0.5) is 17.3 Å². The lowest BCUT2D eigenvalue weighted by atomic mass is 9.73. The highest BCUT2D eigenvalue weighted by Gasteiger charge is 2.37. The number of carbonyl (C=O) groups is 1. The number of aliphatic hydroxyl groups is 1. The minimum atomic E-state index is -0.872. The van der Waals surface area contributed by atoms with Crippen molar-refractivity contribution in [1.29, 1.82) is 0 Å². The summed E-state index contributed by atoms with van der Waals surface area (Å²) in [6, 6.07) is 19.1. The van der Waals surface area contributed by atoms with Gasteiger partial charge in [0.15, 0.2) is 5.65 Å². The van der Waals surface area contributed by atoms with Crippen LogP contribution in [-0.4, -0.2) is 69.8 Å². The summed E-state index contributed by atoms with van der Waals surface area (Å²) in [5.74, 6) is 0.591. The highest BCUT2D eigenvalue weighted by Crippen LogP contribution is 2.38. The van der Waals surface area contributed by atoms with Crippen molar-refractivity contribution in [3.8, 4) is 0 Å². The van der Waals surface area contributed by atoms with Gasteiger partial charge in [0.25, 0.3) is 5.91 Å². The molecule has 0 aliphatic carbocycles. The predicted octanol–water partition coefficient (Wildman–Crippen LogP) is 5.22. The van der Waals surface area contributed by atoms with Gasteiger partial charge in [0.05, 0.1) is 11.3 Å². The Morgan fingerprint density at radius 3 is 2.37 bits per heavy atom. The van der Waals surface area contributed by atoms with E-state index < -0.39 is 5.60 Å². The van der Waals surface area contributed by atoms with Crippen LogP contribution in [-0.2, 0) is 5.60 Å². The van der Waals surface area contributed by atoms with E-state index in [9.17, 15) is 9.90 Å². The average molecular weight is 600 g/mol. The SMILES string of the molecule is O=C(c1ccc(Nc2nc3c(N4CCC(O)(c5ccc(Cl)cc5)CC4)cccn3n2)cc1)N1CCC2(CCCNC2)CC1. The van der Waals surface area contributed by atoms with E-state index in [0.29, 0.717) is 47.9 Å². The third-order valence-corrected chi connectivity index (χ3v) is 9.97. The van der Waals surface area contributed by atoms with E-state index >= 15 is 0 Å². The number of nitrogens with zero attached hydrogens (tertiary/aromatic N) is 5. The molecule has 3 aliphatic rings. The first kappa shape index (κ1) is 28.1. The molecule has 1 spiro atoms. The largest absolute Gasteiger partial charge is 0.385 e. The quantitative estimate of drug-likeness (QED) is 0.289. The molecule has 3 N–H and O–H groups in total. The summed E-state index contributed by atoms with van der Waals surface area (Å²) in [5, 5.41) is 23.5. The molecule has 3 saturated heterocycles. The van der Waals surface area contributed by atoms with Crippen molar-refractivity contribution in [3.63, 3.8) is 0 Å². The monoisotopic (exact) mass is 599 g/mol. The Bertz CT molecular complexity index is 1580. The smallest absolute Gasteiger partial charge is 0.253 e. The molecule has 0 bridgehead atoms. The van der Waals surface area contributed by atoms with Crippen molar-refractivity contribution in [2.45, 2.75) is 44.1 Å². The van der Waals surface area contributed by atoms with E-state index in [2.05, 4.69) is 20.6 Å². The molecule has 9 nitrogen and oxygen atoms in total. The molecule has 224 valence electrons. The van der Waals surface area contributed by atoms with Crippen LogP contribution in [0.15, 0.2) is 66.9 Å². The van der Waals surface area contributed by atoms with Gasteiger partial charge in [-0.1, -0.05) is 23.7 Å². The van der Waals surface area contributed by atoms with Gasteiger partial charge in [-0.3, -0.25) is 4.79 Å². The molecule has 1 amide bonds. The number of carbonyl (C=O) groups excluding carboxylic acids is 1. The number of amides is 1. The molecule has 0 saturated carbocycles. The van der Waals surface area contributed by atoms with Gasteiger partial charge >= 0.3 is 0 Å². The molecule has 3 fully saturated rings. The minimum Gasteiger partial charge on any atom is -0.385 e. The molecule has 5 heterocycles. The normalized spacial score (nSPS) is 20.0. The van der Waals surface area contributed by atoms with Crippen molar-refractivity contribution in [2.75, 3.05) is 49.5 Å². The summed E-state index contributed by atoms with van der Waals surface area (Å²) in [5.41, 5.74) is 3.67. The van der Waals surface area contributed by atoms with Crippen LogP contribution in [0.3, 0.4) is 0 Å².